The van der Waals surface area contributed by atoms with E-state index in [0.717, 1.165) is 12.3 Å². The molecule has 0 amide bonds. The minimum absolute atomic E-state index is 0.00934. The number of alkyl halides is 3. The highest BCUT2D eigenvalue weighted by Gasteiger charge is 2.38. The Balaban J connectivity index is 2.31. The molecule has 0 bridgehead atoms. The molecule has 2 aromatic heterocycles. The maximum atomic E-state index is 12.5. The molecule has 13 heteroatoms. The van der Waals surface area contributed by atoms with Crippen LogP contribution in [0.1, 0.15) is 5.82 Å². The van der Waals surface area contributed by atoms with Crippen LogP contribution in [0.2, 0.25) is 5.02 Å². The molecule has 0 atom stereocenters. The first-order valence-corrected chi connectivity index (χ1v) is 6.15. The molecule has 21 heavy (non-hydrogen) atoms. The van der Waals surface area contributed by atoms with Gasteiger partial charge < -0.3 is 5.84 Å². The van der Waals surface area contributed by atoms with E-state index in [2.05, 4.69) is 15.2 Å². The summed E-state index contributed by atoms with van der Waals surface area (Å²) in [4.78, 5) is 13.5. The number of aromatic nitrogens is 4. The fraction of sp³-hybridized carbons (Fsp3) is 0.125. The number of hydrogen-bond donors (Lipinski definition) is 1. The summed E-state index contributed by atoms with van der Waals surface area (Å²) in [6.45, 7) is 0. The molecule has 8 nitrogen and oxygen atoms in total. The van der Waals surface area contributed by atoms with Gasteiger partial charge in [0.05, 0.1) is 9.95 Å². The molecule has 0 fully saturated rings. The van der Waals surface area contributed by atoms with Crippen LogP contribution in [0.15, 0.2) is 22.4 Å². The Bertz CT molecular complexity index is 706. The van der Waals surface area contributed by atoms with Gasteiger partial charge in [-0.15, -0.1) is 10.2 Å². The highest BCUT2D eigenvalue weighted by Crippen LogP contribution is 2.34. The Morgan fingerprint density at radius 2 is 2.10 bits per heavy atom. The maximum Gasteiger partial charge on any atom is 0.453 e. The Hall–Kier alpha value is -2.08. The van der Waals surface area contributed by atoms with Crippen LogP contribution >= 0.6 is 23.4 Å². The molecular formula is C8H4ClF3N6O2S. The van der Waals surface area contributed by atoms with Crippen molar-refractivity contribution in [1.82, 2.24) is 19.9 Å². The molecule has 2 aromatic rings. The molecule has 0 saturated heterocycles. The second-order valence-corrected chi connectivity index (χ2v) is 4.88. The number of nitrogen functional groups attached to an aromatic ring is 1. The molecule has 0 spiro atoms. The Kier molecular flexibility index (Phi) is 3.91. The first-order valence-electron chi connectivity index (χ1n) is 4.95. The van der Waals surface area contributed by atoms with Crippen LogP contribution in [-0.4, -0.2) is 24.8 Å². The summed E-state index contributed by atoms with van der Waals surface area (Å²) < 4.78 is 37.7. The van der Waals surface area contributed by atoms with E-state index in [1.165, 1.54) is 0 Å². The van der Waals surface area contributed by atoms with E-state index < -0.39 is 16.9 Å². The van der Waals surface area contributed by atoms with Gasteiger partial charge in [-0.2, -0.15) is 13.2 Å². The Morgan fingerprint density at radius 3 is 2.57 bits per heavy atom. The van der Waals surface area contributed by atoms with Crippen molar-refractivity contribution in [2.45, 2.75) is 16.4 Å². The third kappa shape index (κ3) is 3.16. The lowest BCUT2D eigenvalue weighted by molar-refractivity contribution is -0.385. The predicted molar refractivity (Wildman–Crippen MR) is 65.2 cm³/mol. The summed E-state index contributed by atoms with van der Waals surface area (Å²) in [5.41, 5.74) is -0.352. The summed E-state index contributed by atoms with van der Waals surface area (Å²) in [5, 5.41) is 16.3. The number of halogens is 4. The first-order chi connectivity index (χ1) is 9.70. The van der Waals surface area contributed by atoms with Crippen molar-refractivity contribution in [2.24, 2.45) is 0 Å². The summed E-state index contributed by atoms with van der Waals surface area (Å²) in [5.74, 6) is 3.85. The van der Waals surface area contributed by atoms with E-state index in [4.69, 9.17) is 17.4 Å². The van der Waals surface area contributed by atoms with Gasteiger partial charge in [-0.25, -0.2) is 9.66 Å². The molecule has 0 aliphatic heterocycles. The molecule has 2 N–H and O–H groups in total. The standard InChI is InChI=1S/C8H4ClF3N6O2S/c9-4-1-3(18(19)20)2-14-5(4)21-7-16-15-6(17(7)13)8(10,11)12/h1-2H,13H2. The number of nitrogens with two attached hydrogens (primary N) is 1. The van der Waals surface area contributed by atoms with Crippen molar-refractivity contribution in [2.75, 3.05) is 5.84 Å². The molecule has 0 aromatic carbocycles. The van der Waals surface area contributed by atoms with E-state index in [-0.39, 0.29) is 25.6 Å². The van der Waals surface area contributed by atoms with Crippen LogP contribution in [-0.2, 0) is 6.18 Å². The zero-order chi connectivity index (χ0) is 15.8. The van der Waals surface area contributed by atoms with Crippen molar-refractivity contribution in [3.8, 4) is 0 Å². The number of hydrogen-bond acceptors (Lipinski definition) is 7. The van der Waals surface area contributed by atoms with Crippen LogP contribution in [0, 0.1) is 10.1 Å². The molecular weight excluding hydrogens is 337 g/mol. The van der Waals surface area contributed by atoms with Crippen molar-refractivity contribution in [3.05, 3.63) is 33.2 Å². The van der Waals surface area contributed by atoms with E-state index in [0.29, 0.717) is 11.8 Å². The average Bonchev–Trinajstić information content (AvgIpc) is 2.73. The van der Waals surface area contributed by atoms with Crippen molar-refractivity contribution in [3.63, 3.8) is 0 Å². The highest BCUT2D eigenvalue weighted by molar-refractivity contribution is 7.99. The molecule has 2 heterocycles. The molecule has 112 valence electrons. The lowest BCUT2D eigenvalue weighted by Gasteiger charge is -2.06. The number of rotatable bonds is 3. The summed E-state index contributed by atoms with van der Waals surface area (Å²) in [6.07, 6.45) is -3.84. The predicted octanol–water partition coefficient (Wildman–Crippen LogP) is 2.12. The smallest absolute Gasteiger partial charge is 0.335 e. The number of nitro groups is 1. The van der Waals surface area contributed by atoms with E-state index in [1.54, 1.807) is 0 Å². The average molecular weight is 341 g/mol. The zero-order valence-electron chi connectivity index (χ0n) is 9.70. The van der Waals surface area contributed by atoms with E-state index in [1.807, 2.05) is 0 Å². The first kappa shape index (κ1) is 15.3. The van der Waals surface area contributed by atoms with Crippen molar-refractivity contribution < 1.29 is 18.1 Å². The maximum absolute atomic E-state index is 12.5. The fourth-order valence-corrected chi connectivity index (χ4v) is 2.19. The SMILES string of the molecule is Nn1c(Sc2ncc([N+](=O)[O-])cc2Cl)nnc1C(F)(F)F. The Morgan fingerprint density at radius 1 is 1.43 bits per heavy atom. The van der Waals surface area contributed by atoms with Gasteiger partial charge >= 0.3 is 6.18 Å². The minimum Gasteiger partial charge on any atom is -0.335 e. The van der Waals surface area contributed by atoms with Crippen molar-refractivity contribution in [1.29, 1.82) is 0 Å². The topological polar surface area (TPSA) is 113 Å². The molecule has 0 saturated carbocycles. The monoisotopic (exact) mass is 340 g/mol. The fourth-order valence-electron chi connectivity index (χ4n) is 1.22. The Labute approximate surface area is 123 Å². The number of pyridine rings is 1. The second-order valence-electron chi connectivity index (χ2n) is 3.51. The van der Waals surface area contributed by atoms with Crippen LogP contribution in [0.3, 0.4) is 0 Å². The third-order valence-corrected chi connectivity index (χ3v) is 3.49. The van der Waals surface area contributed by atoms with E-state index in [9.17, 15) is 23.3 Å². The summed E-state index contributed by atoms with van der Waals surface area (Å²) >= 11 is 6.36. The second kappa shape index (κ2) is 5.37. The highest BCUT2D eigenvalue weighted by atomic mass is 35.5. The quantitative estimate of drug-likeness (QED) is 0.517. The normalized spacial score (nSPS) is 11.6. The third-order valence-electron chi connectivity index (χ3n) is 2.11. The summed E-state index contributed by atoms with van der Waals surface area (Å²) in [6, 6.07) is 1.01. The van der Waals surface area contributed by atoms with Gasteiger partial charge in [-0.1, -0.05) is 11.6 Å². The van der Waals surface area contributed by atoms with Crippen LogP contribution in [0.25, 0.3) is 0 Å². The van der Waals surface area contributed by atoms with E-state index >= 15 is 0 Å². The molecule has 0 aliphatic carbocycles. The van der Waals surface area contributed by atoms with Crippen LogP contribution in [0.4, 0.5) is 18.9 Å². The lowest BCUT2D eigenvalue weighted by Crippen LogP contribution is -2.21. The minimum atomic E-state index is -4.76. The van der Waals surface area contributed by atoms with Gasteiger partial charge in [0.15, 0.2) is 0 Å². The van der Waals surface area contributed by atoms with Gasteiger partial charge in [0.25, 0.3) is 11.5 Å². The molecule has 0 aliphatic rings. The van der Waals surface area contributed by atoms with Crippen LogP contribution in [0.5, 0.6) is 0 Å². The van der Waals surface area contributed by atoms with Gasteiger partial charge in [0.1, 0.15) is 11.2 Å². The molecule has 0 unspecified atom stereocenters. The molecule has 0 radical (unpaired) electrons. The van der Waals surface area contributed by atoms with Gasteiger partial charge in [0, 0.05) is 6.07 Å². The molecule has 2 rings (SSSR count). The van der Waals surface area contributed by atoms with Crippen LogP contribution < -0.4 is 5.84 Å². The lowest BCUT2D eigenvalue weighted by atomic mass is 10.4. The summed E-state index contributed by atoms with van der Waals surface area (Å²) in [7, 11) is 0. The largest absolute Gasteiger partial charge is 0.453 e. The van der Waals surface area contributed by atoms with Gasteiger partial charge in [0.2, 0.25) is 5.16 Å². The number of nitrogens with zero attached hydrogens (tertiary/aromatic N) is 5. The zero-order valence-corrected chi connectivity index (χ0v) is 11.3. The van der Waals surface area contributed by atoms with Gasteiger partial charge in [-0.3, -0.25) is 10.1 Å². The van der Waals surface area contributed by atoms with Gasteiger partial charge in [-0.05, 0) is 11.8 Å². The van der Waals surface area contributed by atoms with Crippen molar-refractivity contribution >= 4 is 29.1 Å².